The van der Waals surface area contributed by atoms with Crippen molar-refractivity contribution in [3.05, 3.63) is 53.9 Å². The lowest BCUT2D eigenvalue weighted by atomic mass is 9.97. The van der Waals surface area contributed by atoms with Crippen molar-refractivity contribution in [2.24, 2.45) is 11.8 Å². The second kappa shape index (κ2) is 8.24. The fraction of sp³-hybridized carbons (Fsp3) is 0.522. The maximum atomic E-state index is 12.5. The van der Waals surface area contributed by atoms with Crippen LogP contribution in [0.3, 0.4) is 0 Å². The third-order valence-electron chi connectivity index (χ3n) is 6.13. The highest BCUT2D eigenvalue weighted by Crippen LogP contribution is 2.62. The zero-order valence-electron chi connectivity index (χ0n) is 18.2. The van der Waals surface area contributed by atoms with E-state index >= 15 is 0 Å². The van der Waals surface area contributed by atoms with Crippen molar-refractivity contribution in [3.8, 4) is 0 Å². The molecule has 2 fully saturated rings. The van der Waals surface area contributed by atoms with E-state index in [1.54, 1.807) is 11.2 Å². The molecule has 1 saturated heterocycles. The number of rotatable bonds is 5. The smallest absolute Gasteiger partial charge is 0.410 e. The van der Waals surface area contributed by atoms with Gasteiger partial charge in [-0.25, -0.2) is 9.59 Å². The van der Waals surface area contributed by atoms with E-state index in [1.807, 2.05) is 57.2 Å². The molecule has 2 aromatic rings. The molecule has 1 aliphatic carbocycles. The highest BCUT2D eigenvalue weighted by Gasteiger charge is 2.68. The first-order valence-electron chi connectivity index (χ1n) is 10.6. The molecule has 1 aromatic carbocycles. The van der Waals surface area contributed by atoms with Crippen LogP contribution < -0.4 is 5.32 Å². The number of alkyl carbamates (subject to hydrolysis) is 1. The van der Waals surface area contributed by atoms with Crippen LogP contribution in [0, 0.1) is 11.8 Å². The third-order valence-corrected chi connectivity index (χ3v) is 6.13. The Morgan fingerprint density at radius 3 is 2.68 bits per heavy atom. The summed E-state index contributed by atoms with van der Waals surface area (Å²) >= 11 is 0. The maximum absolute atomic E-state index is 12.5. The zero-order chi connectivity index (χ0) is 22.1. The molecule has 8 nitrogen and oxygen atoms in total. The third kappa shape index (κ3) is 4.52. The molecule has 0 spiro atoms. The van der Waals surface area contributed by atoms with Gasteiger partial charge >= 0.3 is 12.2 Å². The fourth-order valence-electron chi connectivity index (χ4n) is 4.65. The summed E-state index contributed by atoms with van der Waals surface area (Å²) in [6.45, 7) is 7.35. The first-order chi connectivity index (χ1) is 14.8. The number of benzene rings is 1. The summed E-state index contributed by atoms with van der Waals surface area (Å²) in [6, 6.07) is 11.4. The Balaban J connectivity index is 1.39. The first kappa shape index (κ1) is 21.2. The van der Waals surface area contributed by atoms with Gasteiger partial charge in [-0.3, -0.25) is 0 Å². The lowest BCUT2D eigenvalue weighted by molar-refractivity contribution is 0.0206. The van der Waals surface area contributed by atoms with E-state index in [2.05, 4.69) is 10.5 Å². The predicted octanol–water partition coefficient (Wildman–Crippen LogP) is 3.73. The van der Waals surface area contributed by atoms with Gasteiger partial charge in [0, 0.05) is 31.1 Å². The topological polar surface area (TPSA) is 93.9 Å². The van der Waals surface area contributed by atoms with Gasteiger partial charge < -0.3 is 24.2 Å². The van der Waals surface area contributed by atoms with Gasteiger partial charge in [0.2, 0.25) is 0 Å². The summed E-state index contributed by atoms with van der Waals surface area (Å²) in [5.74, 6) is 0.485. The quantitative estimate of drug-likeness (QED) is 0.782. The van der Waals surface area contributed by atoms with Crippen molar-refractivity contribution in [2.75, 3.05) is 19.6 Å². The summed E-state index contributed by atoms with van der Waals surface area (Å²) in [5.41, 5.74) is 0.828. The van der Waals surface area contributed by atoms with E-state index < -0.39 is 11.7 Å². The van der Waals surface area contributed by atoms with Gasteiger partial charge in [0.05, 0.1) is 5.69 Å². The second-order valence-corrected chi connectivity index (χ2v) is 9.27. The molecule has 1 aromatic heterocycles. The van der Waals surface area contributed by atoms with E-state index in [0.29, 0.717) is 25.6 Å². The molecule has 166 valence electrons. The van der Waals surface area contributed by atoms with Crippen LogP contribution in [0.4, 0.5) is 9.59 Å². The Bertz CT molecular complexity index is 909. The van der Waals surface area contributed by atoms with Crippen LogP contribution in [0.5, 0.6) is 0 Å². The van der Waals surface area contributed by atoms with E-state index in [1.165, 1.54) is 0 Å². The molecule has 3 unspecified atom stereocenters. The Hall–Kier alpha value is -3.03. The number of amides is 2. The Morgan fingerprint density at radius 2 is 2.00 bits per heavy atom. The molecule has 3 atom stereocenters. The molecule has 0 radical (unpaired) electrons. The number of nitrogens with zero attached hydrogens (tertiary/aromatic N) is 2. The van der Waals surface area contributed by atoms with Crippen molar-refractivity contribution in [2.45, 2.75) is 44.8 Å². The van der Waals surface area contributed by atoms with E-state index in [4.69, 9.17) is 14.0 Å². The molecular formula is C23H29N3O5. The average molecular weight is 428 g/mol. The number of carbonyl (C=O) groups is 2. The minimum atomic E-state index is -0.537. The molecule has 2 heterocycles. The Kier molecular flexibility index (Phi) is 5.64. The summed E-state index contributed by atoms with van der Waals surface area (Å²) in [7, 11) is 0. The highest BCUT2D eigenvalue weighted by atomic mass is 16.6. The second-order valence-electron chi connectivity index (χ2n) is 9.27. The summed E-state index contributed by atoms with van der Waals surface area (Å²) in [4.78, 5) is 26.6. The lowest BCUT2D eigenvalue weighted by Crippen LogP contribution is -2.41. The summed E-state index contributed by atoms with van der Waals surface area (Å²) < 4.78 is 16.0. The van der Waals surface area contributed by atoms with Crippen molar-refractivity contribution in [1.29, 1.82) is 0 Å². The lowest BCUT2D eigenvalue weighted by Gasteiger charge is -2.29. The highest BCUT2D eigenvalue weighted by molar-refractivity contribution is 5.69. The molecule has 2 amide bonds. The molecule has 1 saturated carbocycles. The van der Waals surface area contributed by atoms with Gasteiger partial charge in [-0.15, -0.1) is 0 Å². The Labute approximate surface area is 181 Å². The molecule has 4 rings (SSSR count). The van der Waals surface area contributed by atoms with Crippen LogP contribution in [0.25, 0.3) is 0 Å². The number of likely N-dealkylation sites (tertiary alicyclic amines) is 1. The summed E-state index contributed by atoms with van der Waals surface area (Å²) in [5, 5.41) is 7.08. The van der Waals surface area contributed by atoms with Crippen molar-refractivity contribution in [1.82, 2.24) is 15.4 Å². The molecule has 0 bridgehead atoms. The van der Waals surface area contributed by atoms with Crippen LogP contribution in [0.2, 0.25) is 0 Å². The molecule has 31 heavy (non-hydrogen) atoms. The van der Waals surface area contributed by atoms with Gasteiger partial charge in [0.25, 0.3) is 0 Å². The summed E-state index contributed by atoms with van der Waals surface area (Å²) in [6.07, 6.45) is 1.58. The zero-order valence-corrected chi connectivity index (χ0v) is 18.2. The molecule has 2 aliphatic rings. The number of hydrogen-bond donors (Lipinski definition) is 1. The molecule has 1 aliphatic heterocycles. The Morgan fingerprint density at radius 1 is 1.23 bits per heavy atom. The minimum Gasteiger partial charge on any atom is -0.445 e. The number of piperidine rings is 1. The number of nitrogens with one attached hydrogen (secondary N) is 1. The van der Waals surface area contributed by atoms with Gasteiger partial charge in [0.1, 0.15) is 18.5 Å². The fourth-order valence-corrected chi connectivity index (χ4v) is 4.65. The number of carbonyl (C=O) groups excluding carboxylic acids is 2. The van der Waals surface area contributed by atoms with Crippen molar-refractivity contribution < 1.29 is 23.6 Å². The van der Waals surface area contributed by atoms with Crippen LogP contribution in [0.15, 0.2) is 47.2 Å². The average Bonchev–Trinajstić information content (AvgIpc) is 3.07. The van der Waals surface area contributed by atoms with E-state index in [9.17, 15) is 9.59 Å². The van der Waals surface area contributed by atoms with Crippen LogP contribution in [-0.2, 0) is 21.5 Å². The van der Waals surface area contributed by atoms with Gasteiger partial charge in [-0.05, 0) is 44.6 Å². The van der Waals surface area contributed by atoms with Crippen molar-refractivity contribution >= 4 is 12.2 Å². The molecule has 8 heteroatoms. The minimum absolute atomic E-state index is 0.174. The number of hydrogen-bond acceptors (Lipinski definition) is 6. The van der Waals surface area contributed by atoms with Crippen LogP contribution in [0.1, 0.15) is 38.4 Å². The molecular weight excluding hydrogens is 398 g/mol. The predicted molar refractivity (Wildman–Crippen MR) is 112 cm³/mol. The van der Waals surface area contributed by atoms with Crippen molar-refractivity contribution in [3.63, 3.8) is 0 Å². The monoisotopic (exact) mass is 427 g/mol. The standard InChI is InChI=1S/C23H29N3O5/c1-22(2,3)31-21(28)26-11-9-17-18(13-26)23(17,19-10-12-30-25-19)15-24-20(27)29-14-16-7-5-4-6-8-16/h4-8,10,12,17-18H,9,11,13-15H2,1-3H3,(H,24,27). The number of ether oxygens (including phenoxy) is 2. The number of aromatic nitrogens is 1. The SMILES string of the molecule is CC(C)(C)OC(=O)N1CCC2C(C1)C2(CNC(=O)OCc1ccccc1)c1ccon1. The van der Waals surface area contributed by atoms with Gasteiger partial charge in [0.15, 0.2) is 0 Å². The largest absolute Gasteiger partial charge is 0.445 e. The van der Waals surface area contributed by atoms with E-state index in [-0.39, 0.29) is 24.0 Å². The first-order valence-corrected chi connectivity index (χ1v) is 10.6. The number of fused-ring (bicyclic) bond motifs is 1. The van der Waals surface area contributed by atoms with Crippen LogP contribution in [-0.4, -0.2) is 47.5 Å². The van der Waals surface area contributed by atoms with Gasteiger partial charge in [-0.2, -0.15) is 0 Å². The van der Waals surface area contributed by atoms with Crippen LogP contribution >= 0.6 is 0 Å². The maximum Gasteiger partial charge on any atom is 0.410 e. The van der Waals surface area contributed by atoms with Gasteiger partial charge in [-0.1, -0.05) is 35.5 Å². The van der Waals surface area contributed by atoms with E-state index in [0.717, 1.165) is 17.7 Å². The molecule has 1 N–H and O–H groups in total. The normalized spacial score (nSPS) is 24.8.